The highest BCUT2D eigenvalue weighted by Crippen LogP contribution is 2.30. The van der Waals surface area contributed by atoms with Gasteiger partial charge in [0.05, 0.1) is 6.04 Å². The van der Waals surface area contributed by atoms with Gasteiger partial charge in [0, 0.05) is 31.5 Å². The molecule has 0 amide bonds. The number of aryl methyl sites for hydroxylation is 1. The van der Waals surface area contributed by atoms with Crippen LogP contribution in [0.1, 0.15) is 37.8 Å². The van der Waals surface area contributed by atoms with E-state index in [0.29, 0.717) is 18.5 Å². The van der Waals surface area contributed by atoms with Crippen LogP contribution in [0.3, 0.4) is 0 Å². The summed E-state index contributed by atoms with van der Waals surface area (Å²) in [5, 5.41) is 3.51. The average molecular weight is 380 g/mol. The van der Waals surface area contributed by atoms with Crippen LogP contribution in [-0.4, -0.2) is 26.2 Å². The number of nitrogens with zero attached hydrogens (tertiary/aromatic N) is 1. The lowest BCUT2D eigenvalue weighted by atomic mass is 9.94. The minimum absolute atomic E-state index is 0.309. The van der Waals surface area contributed by atoms with Crippen LogP contribution in [0.25, 0.3) is 0 Å². The summed E-state index contributed by atoms with van der Waals surface area (Å²) in [6, 6.07) is 7.29. The highest BCUT2D eigenvalue weighted by Gasteiger charge is 2.25. The summed E-state index contributed by atoms with van der Waals surface area (Å²) in [5.41, 5.74) is 12.1. The van der Waals surface area contributed by atoms with Crippen LogP contribution in [0.2, 0.25) is 0 Å². The molecule has 0 fully saturated rings. The van der Waals surface area contributed by atoms with E-state index in [1.54, 1.807) is 6.08 Å². The Morgan fingerprint density at radius 3 is 2.86 bits per heavy atom. The van der Waals surface area contributed by atoms with Crippen LogP contribution < -0.4 is 16.0 Å². The second kappa shape index (κ2) is 10.9. The van der Waals surface area contributed by atoms with Gasteiger partial charge in [-0.15, -0.1) is 0 Å². The molecule has 1 atom stereocenters. The molecule has 1 aromatic rings. The molecule has 0 saturated carbocycles. The van der Waals surface area contributed by atoms with Gasteiger partial charge in [0.25, 0.3) is 0 Å². The van der Waals surface area contributed by atoms with Crippen molar-refractivity contribution in [3.63, 3.8) is 0 Å². The highest BCUT2D eigenvalue weighted by atomic mass is 15.2. The lowest BCUT2D eigenvalue weighted by Crippen LogP contribution is -2.44. The number of rotatable bonds is 8. The highest BCUT2D eigenvalue weighted by molar-refractivity contribution is 5.58. The van der Waals surface area contributed by atoms with E-state index in [2.05, 4.69) is 74.6 Å². The van der Waals surface area contributed by atoms with E-state index < -0.39 is 0 Å². The Labute approximate surface area is 171 Å². The van der Waals surface area contributed by atoms with Crippen LogP contribution in [0.5, 0.6) is 0 Å². The normalized spacial score (nSPS) is 18.0. The number of allylic oxidation sites excluding steroid dienone is 3. The third-order valence-corrected chi connectivity index (χ3v) is 5.42. The molecular weight excluding hydrogens is 342 g/mol. The van der Waals surface area contributed by atoms with Gasteiger partial charge in [-0.1, -0.05) is 63.4 Å². The summed E-state index contributed by atoms with van der Waals surface area (Å²) < 4.78 is 0. The molecule has 1 aliphatic heterocycles. The SMILES string of the molecule is C=C/C=C(\C=C/CCCc1ccc2c(c1)N(C)C(C(C)C)C(=C)NCC2)CN. The van der Waals surface area contributed by atoms with Crippen molar-refractivity contribution < 1.29 is 0 Å². The van der Waals surface area contributed by atoms with Crippen molar-refractivity contribution in [1.29, 1.82) is 0 Å². The summed E-state index contributed by atoms with van der Waals surface area (Å²) in [5.74, 6) is 0.505. The van der Waals surface area contributed by atoms with Crippen molar-refractivity contribution >= 4 is 5.69 Å². The molecule has 1 unspecified atom stereocenters. The number of hydrogen-bond acceptors (Lipinski definition) is 3. The number of nitrogens with two attached hydrogens (primary N) is 1. The monoisotopic (exact) mass is 379 g/mol. The first kappa shape index (κ1) is 22.0. The van der Waals surface area contributed by atoms with Crippen LogP contribution in [0.4, 0.5) is 5.69 Å². The topological polar surface area (TPSA) is 41.3 Å². The van der Waals surface area contributed by atoms with Crippen LogP contribution in [0, 0.1) is 5.92 Å². The number of fused-ring (bicyclic) bond motifs is 1. The Morgan fingerprint density at radius 2 is 2.18 bits per heavy atom. The lowest BCUT2D eigenvalue weighted by Gasteiger charge is -2.38. The summed E-state index contributed by atoms with van der Waals surface area (Å²) in [6.07, 6.45) is 12.4. The zero-order chi connectivity index (χ0) is 20.5. The Morgan fingerprint density at radius 1 is 1.39 bits per heavy atom. The van der Waals surface area contributed by atoms with Crippen molar-refractivity contribution in [3.8, 4) is 0 Å². The van der Waals surface area contributed by atoms with Crippen molar-refractivity contribution in [3.05, 3.63) is 78.1 Å². The Kier molecular flexibility index (Phi) is 8.59. The molecule has 0 aliphatic carbocycles. The van der Waals surface area contributed by atoms with Gasteiger partial charge in [-0.3, -0.25) is 0 Å². The van der Waals surface area contributed by atoms with Crippen molar-refractivity contribution in [2.45, 2.75) is 45.6 Å². The van der Waals surface area contributed by atoms with E-state index in [0.717, 1.165) is 43.5 Å². The van der Waals surface area contributed by atoms with Gasteiger partial charge in [-0.05, 0) is 54.4 Å². The maximum Gasteiger partial charge on any atom is 0.0701 e. The summed E-state index contributed by atoms with van der Waals surface area (Å²) in [4.78, 5) is 2.41. The third-order valence-electron chi connectivity index (χ3n) is 5.42. The second-order valence-electron chi connectivity index (χ2n) is 7.94. The molecule has 0 bridgehead atoms. The molecule has 28 heavy (non-hydrogen) atoms. The molecule has 152 valence electrons. The number of likely N-dealkylation sites (N-methyl/N-ethyl adjacent to an activating group) is 1. The van der Waals surface area contributed by atoms with Gasteiger partial charge < -0.3 is 16.0 Å². The fourth-order valence-electron chi connectivity index (χ4n) is 4.00. The van der Waals surface area contributed by atoms with Gasteiger partial charge in [-0.2, -0.15) is 0 Å². The predicted molar refractivity (Wildman–Crippen MR) is 124 cm³/mol. The number of nitrogens with one attached hydrogen (secondary N) is 1. The molecule has 2 rings (SSSR count). The maximum absolute atomic E-state index is 5.73. The first-order chi connectivity index (χ1) is 13.5. The first-order valence-electron chi connectivity index (χ1n) is 10.4. The van der Waals surface area contributed by atoms with Crippen LogP contribution in [-0.2, 0) is 12.8 Å². The zero-order valence-corrected chi connectivity index (χ0v) is 17.9. The van der Waals surface area contributed by atoms with Crippen molar-refractivity contribution in [2.75, 3.05) is 25.0 Å². The molecule has 0 aromatic heterocycles. The van der Waals surface area contributed by atoms with Gasteiger partial charge >= 0.3 is 0 Å². The Bertz CT molecular complexity index is 727. The van der Waals surface area contributed by atoms with Crippen LogP contribution >= 0.6 is 0 Å². The second-order valence-corrected chi connectivity index (χ2v) is 7.94. The molecule has 3 N–H and O–H groups in total. The number of anilines is 1. The first-order valence-corrected chi connectivity index (χ1v) is 10.4. The number of hydrogen-bond donors (Lipinski definition) is 2. The zero-order valence-electron chi connectivity index (χ0n) is 17.9. The maximum atomic E-state index is 5.73. The van der Waals surface area contributed by atoms with Gasteiger partial charge in [0.1, 0.15) is 0 Å². The number of benzene rings is 1. The van der Waals surface area contributed by atoms with E-state index in [-0.39, 0.29) is 0 Å². The van der Waals surface area contributed by atoms with Gasteiger partial charge in [0.15, 0.2) is 0 Å². The van der Waals surface area contributed by atoms with Crippen molar-refractivity contribution in [1.82, 2.24) is 5.32 Å². The summed E-state index contributed by atoms with van der Waals surface area (Å²) >= 11 is 0. The fraction of sp³-hybridized carbons (Fsp3) is 0.440. The fourth-order valence-corrected chi connectivity index (χ4v) is 4.00. The van der Waals surface area contributed by atoms with Gasteiger partial charge in [0.2, 0.25) is 0 Å². The third kappa shape index (κ3) is 5.87. The quantitative estimate of drug-likeness (QED) is 0.505. The largest absolute Gasteiger partial charge is 0.387 e. The smallest absolute Gasteiger partial charge is 0.0701 e. The minimum Gasteiger partial charge on any atom is -0.387 e. The van der Waals surface area contributed by atoms with Crippen molar-refractivity contribution in [2.24, 2.45) is 11.7 Å². The Balaban J connectivity index is 2.07. The molecule has 1 aromatic carbocycles. The molecule has 1 heterocycles. The molecule has 1 aliphatic rings. The average Bonchev–Trinajstić information content (AvgIpc) is 2.66. The summed E-state index contributed by atoms with van der Waals surface area (Å²) in [7, 11) is 2.20. The van der Waals surface area contributed by atoms with Crippen LogP contribution in [0.15, 0.2) is 66.9 Å². The predicted octanol–water partition coefficient (Wildman–Crippen LogP) is 4.76. The molecular formula is C25H37N3. The summed E-state index contributed by atoms with van der Waals surface area (Å²) in [6.45, 7) is 14.1. The van der Waals surface area contributed by atoms with E-state index >= 15 is 0 Å². The van der Waals surface area contributed by atoms with E-state index in [1.165, 1.54) is 16.8 Å². The molecule has 0 spiro atoms. The van der Waals surface area contributed by atoms with Gasteiger partial charge in [-0.25, -0.2) is 0 Å². The molecule has 3 heteroatoms. The minimum atomic E-state index is 0.309. The lowest BCUT2D eigenvalue weighted by molar-refractivity contribution is 0.491. The number of unbranched alkanes of at least 4 members (excludes halogenated alkanes) is 1. The van der Waals surface area contributed by atoms with E-state index in [4.69, 9.17) is 5.73 Å². The standard InChI is InChI=1S/C25H37N3/c1-6-10-22(18-26)12-9-7-8-11-21-13-14-23-15-16-27-20(4)25(19(2)3)28(5)24(23)17-21/h6,9-10,12-14,17,19,25,27H,1,4,7-8,11,15-16,18,26H2,2-3,5H3/b12-9-,22-10+. The van der Waals surface area contributed by atoms with E-state index in [1.807, 2.05) is 6.08 Å². The molecule has 0 radical (unpaired) electrons. The molecule has 3 nitrogen and oxygen atoms in total. The Hall–Kier alpha value is -2.26. The van der Waals surface area contributed by atoms with E-state index in [9.17, 15) is 0 Å². The molecule has 0 saturated heterocycles.